The van der Waals surface area contributed by atoms with Gasteiger partial charge in [-0.3, -0.25) is 0 Å². The standard InChI is InChI=1S/C15H17NO3S/c1-4-18-12-8-6-7-11(9-12)13-14(15(17)19-5-2)20-10(3)16-13/h6-9H,4-5H2,1-3H3. The van der Waals surface area contributed by atoms with Crippen molar-refractivity contribution in [3.63, 3.8) is 0 Å². The summed E-state index contributed by atoms with van der Waals surface area (Å²) in [4.78, 5) is 17.0. The van der Waals surface area contributed by atoms with Gasteiger partial charge in [-0.05, 0) is 32.9 Å². The third-order valence-corrected chi connectivity index (χ3v) is 3.56. The van der Waals surface area contributed by atoms with Crippen molar-refractivity contribution in [3.05, 3.63) is 34.2 Å². The minimum absolute atomic E-state index is 0.324. The van der Waals surface area contributed by atoms with Gasteiger partial charge in [0.15, 0.2) is 0 Å². The van der Waals surface area contributed by atoms with E-state index in [1.165, 1.54) is 11.3 Å². The molecule has 2 aromatic rings. The van der Waals surface area contributed by atoms with E-state index in [0.29, 0.717) is 23.8 Å². The van der Waals surface area contributed by atoms with Crippen LogP contribution in [0.25, 0.3) is 11.3 Å². The Labute approximate surface area is 122 Å². The number of nitrogens with zero attached hydrogens (tertiary/aromatic N) is 1. The van der Waals surface area contributed by atoms with Crippen LogP contribution in [0.5, 0.6) is 5.75 Å². The average Bonchev–Trinajstić information content (AvgIpc) is 2.82. The van der Waals surface area contributed by atoms with Crippen LogP contribution in [0.3, 0.4) is 0 Å². The summed E-state index contributed by atoms with van der Waals surface area (Å²) < 4.78 is 10.6. The number of aromatic nitrogens is 1. The minimum atomic E-state index is -0.324. The van der Waals surface area contributed by atoms with Crippen molar-refractivity contribution in [2.24, 2.45) is 0 Å². The molecule has 0 unspecified atom stereocenters. The van der Waals surface area contributed by atoms with E-state index in [0.717, 1.165) is 16.3 Å². The molecule has 4 nitrogen and oxygen atoms in total. The number of carbonyl (C=O) groups excluding carboxylic acids is 1. The van der Waals surface area contributed by atoms with E-state index in [-0.39, 0.29) is 5.97 Å². The summed E-state index contributed by atoms with van der Waals surface area (Å²) in [5.74, 6) is 0.445. The molecule has 0 saturated heterocycles. The second-order valence-electron chi connectivity index (χ2n) is 4.09. The first-order valence-electron chi connectivity index (χ1n) is 6.53. The smallest absolute Gasteiger partial charge is 0.350 e. The van der Waals surface area contributed by atoms with Crippen molar-refractivity contribution >= 4 is 17.3 Å². The van der Waals surface area contributed by atoms with Gasteiger partial charge in [0.2, 0.25) is 0 Å². The highest BCUT2D eigenvalue weighted by molar-refractivity contribution is 7.14. The number of hydrogen-bond donors (Lipinski definition) is 0. The predicted molar refractivity (Wildman–Crippen MR) is 79.4 cm³/mol. The van der Waals surface area contributed by atoms with Crippen LogP contribution in [0, 0.1) is 6.92 Å². The zero-order chi connectivity index (χ0) is 14.5. The summed E-state index contributed by atoms with van der Waals surface area (Å²) in [6.45, 7) is 6.56. The topological polar surface area (TPSA) is 48.4 Å². The highest BCUT2D eigenvalue weighted by Crippen LogP contribution is 2.30. The Morgan fingerprint density at radius 2 is 2.10 bits per heavy atom. The SMILES string of the molecule is CCOC(=O)c1sc(C)nc1-c1cccc(OCC)c1. The van der Waals surface area contributed by atoms with Gasteiger partial charge in [-0.15, -0.1) is 11.3 Å². The largest absolute Gasteiger partial charge is 0.494 e. The molecule has 0 aliphatic heterocycles. The molecule has 0 atom stereocenters. The molecule has 20 heavy (non-hydrogen) atoms. The van der Waals surface area contributed by atoms with E-state index >= 15 is 0 Å². The van der Waals surface area contributed by atoms with Gasteiger partial charge in [0, 0.05) is 5.56 Å². The maximum absolute atomic E-state index is 12.0. The van der Waals surface area contributed by atoms with Gasteiger partial charge < -0.3 is 9.47 Å². The van der Waals surface area contributed by atoms with Gasteiger partial charge >= 0.3 is 5.97 Å². The van der Waals surface area contributed by atoms with Crippen LogP contribution >= 0.6 is 11.3 Å². The lowest BCUT2D eigenvalue weighted by molar-refractivity contribution is 0.0532. The molecule has 5 heteroatoms. The zero-order valence-corrected chi connectivity index (χ0v) is 12.6. The monoisotopic (exact) mass is 291 g/mol. The summed E-state index contributed by atoms with van der Waals surface area (Å²) >= 11 is 1.35. The van der Waals surface area contributed by atoms with E-state index in [4.69, 9.17) is 9.47 Å². The Balaban J connectivity index is 2.41. The molecule has 2 rings (SSSR count). The van der Waals surface area contributed by atoms with Crippen LogP contribution in [-0.2, 0) is 4.74 Å². The molecule has 0 N–H and O–H groups in total. The number of ether oxygens (including phenoxy) is 2. The quantitative estimate of drug-likeness (QED) is 0.788. The van der Waals surface area contributed by atoms with Crippen molar-refractivity contribution < 1.29 is 14.3 Å². The normalized spacial score (nSPS) is 10.3. The lowest BCUT2D eigenvalue weighted by Gasteiger charge is -2.06. The highest BCUT2D eigenvalue weighted by Gasteiger charge is 2.19. The summed E-state index contributed by atoms with van der Waals surface area (Å²) in [6.07, 6.45) is 0. The number of benzene rings is 1. The molecule has 1 aromatic carbocycles. The fraction of sp³-hybridized carbons (Fsp3) is 0.333. The molecule has 0 bridgehead atoms. The molecular formula is C15H17NO3S. The second kappa shape index (κ2) is 6.52. The highest BCUT2D eigenvalue weighted by atomic mass is 32.1. The van der Waals surface area contributed by atoms with Gasteiger partial charge in [0.1, 0.15) is 10.6 Å². The molecular weight excluding hydrogens is 274 g/mol. The van der Waals surface area contributed by atoms with Crippen LogP contribution < -0.4 is 4.74 Å². The zero-order valence-electron chi connectivity index (χ0n) is 11.8. The number of carbonyl (C=O) groups is 1. The summed E-state index contributed by atoms with van der Waals surface area (Å²) in [5.41, 5.74) is 1.52. The minimum Gasteiger partial charge on any atom is -0.494 e. The number of rotatable bonds is 5. The Kier molecular flexibility index (Phi) is 4.74. The molecule has 106 valence electrons. The number of thiazole rings is 1. The number of aryl methyl sites for hydroxylation is 1. The van der Waals surface area contributed by atoms with Crippen LogP contribution in [0.1, 0.15) is 28.5 Å². The molecule has 0 aliphatic carbocycles. The summed E-state index contributed by atoms with van der Waals surface area (Å²) in [6, 6.07) is 7.58. The Hall–Kier alpha value is -1.88. The molecule has 0 amide bonds. The van der Waals surface area contributed by atoms with Crippen molar-refractivity contribution in [2.75, 3.05) is 13.2 Å². The van der Waals surface area contributed by atoms with Crippen molar-refractivity contribution in [2.45, 2.75) is 20.8 Å². The Morgan fingerprint density at radius 1 is 1.30 bits per heavy atom. The van der Waals surface area contributed by atoms with Crippen LogP contribution in [0.2, 0.25) is 0 Å². The second-order valence-corrected chi connectivity index (χ2v) is 5.30. The molecule has 0 fully saturated rings. The maximum atomic E-state index is 12.0. The lowest BCUT2D eigenvalue weighted by atomic mass is 10.1. The molecule has 0 radical (unpaired) electrons. The first-order valence-corrected chi connectivity index (χ1v) is 7.35. The van der Waals surface area contributed by atoms with E-state index in [2.05, 4.69) is 4.98 Å². The van der Waals surface area contributed by atoms with Crippen molar-refractivity contribution in [3.8, 4) is 17.0 Å². The van der Waals surface area contributed by atoms with Crippen molar-refractivity contribution in [1.29, 1.82) is 0 Å². The van der Waals surface area contributed by atoms with Crippen LogP contribution in [0.15, 0.2) is 24.3 Å². The first-order chi connectivity index (χ1) is 9.65. The van der Waals surface area contributed by atoms with Gasteiger partial charge in [-0.25, -0.2) is 9.78 Å². The van der Waals surface area contributed by atoms with Crippen LogP contribution in [0.4, 0.5) is 0 Å². The third-order valence-electron chi connectivity index (χ3n) is 2.61. The van der Waals surface area contributed by atoms with Gasteiger partial charge in [-0.1, -0.05) is 12.1 Å². The number of hydrogen-bond acceptors (Lipinski definition) is 5. The van der Waals surface area contributed by atoms with E-state index < -0.39 is 0 Å². The number of esters is 1. The Morgan fingerprint density at radius 3 is 2.80 bits per heavy atom. The van der Waals surface area contributed by atoms with E-state index in [9.17, 15) is 4.79 Å². The molecule has 1 aromatic heterocycles. The molecule has 1 heterocycles. The lowest BCUT2D eigenvalue weighted by Crippen LogP contribution is -2.04. The average molecular weight is 291 g/mol. The third kappa shape index (κ3) is 3.17. The maximum Gasteiger partial charge on any atom is 0.350 e. The predicted octanol–water partition coefficient (Wildman–Crippen LogP) is 3.69. The first kappa shape index (κ1) is 14.5. The molecule has 0 saturated carbocycles. The van der Waals surface area contributed by atoms with Gasteiger partial charge in [0.25, 0.3) is 0 Å². The Bertz CT molecular complexity index is 607. The van der Waals surface area contributed by atoms with Crippen LogP contribution in [-0.4, -0.2) is 24.2 Å². The fourth-order valence-corrected chi connectivity index (χ4v) is 2.69. The fourth-order valence-electron chi connectivity index (χ4n) is 1.86. The van der Waals surface area contributed by atoms with E-state index in [1.807, 2.05) is 38.1 Å². The van der Waals surface area contributed by atoms with Gasteiger partial charge in [0.05, 0.1) is 23.9 Å². The summed E-state index contributed by atoms with van der Waals surface area (Å²) in [7, 11) is 0. The summed E-state index contributed by atoms with van der Waals surface area (Å²) in [5, 5.41) is 0.838. The molecule has 0 aliphatic rings. The molecule has 0 spiro atoms. The van der Waals surface area contributed by atoms with Crippen molar-refractivity contribution in [1.82, 2.24) is 4.98 Å². The van der Waals surface area contributed by atoms with E-state index in [1.54, 1.807) is 6.92 Å². The van der Waals surface area contributed by atoms with Gasteiger partial charge in [-0.2, -0.15) is 0 Å².